The molecule has 0 amide bonds. The van der Waals surface area contributed by atoms with E-state index >= 15 is 0 Å². The van der Waals surface area contributed by atoms with Gasteiger partial charge in [-0.1, -0.05) is 20.8 Å². The molecule has 15 heavy (non-hydrogen) atoms. The number of nitrogens with two attached hydrogens (primary N) is 1. The van der Waals surface area contributed by atoms with Gasteiger partial charge in [-0.3, -0.25) is 0 Å². The molecule has 0 radical (unpaired) electrons. The third-order valence-electron chi connectivity index (χ3n) is 3.43. The normalized spacial score (nSPS) is 14.6. The van der Waals surface area contributed by atoms with Gasteiger partial charge >= 0.3 is 0 Å². The van der Waals surface area contributed by atoms with Crippen molar-refractivity contribution >= 4 is 11.8 Å². The second kappa shape index (κ2) is 7.53. The van der Waals surface area contributed by atoms with Crippen LogP contribution in [0.3, 0.4) is 0 Å². The van der Waals surface area contributed by atoms with Gasteiger partial charge in [0.1, 0.15) is 0 Å². The van der Waals surface area contributed by atoms with Crippen LogP contribution < -0.4 is 5.73 Å². The summed E-state index contributed by atoms with van der Waals surface area (Å²) in [5, 5.41) is 0. The molecule has 0 aliphatic heterocycles. The molecule has 0 saturated heterocycles. The van der Waals surface area contributed by atoms with Crippen LogP contribution in [0.15, 0.2) is 0 Å². The maximum atomic E-state index is 6.34. The van der Waals surface area contributed by atoms with E-state index < -0.39 is 0 Å². The Hall–Kier alpha value is 0.270. The molecule has 1 atom stereocenters. The molecule has 3 heteroatoms. The molecule has 92 valence electrons. The van der Waals surface area contributed by atoms with Crippen molar-refractivity contribution in [2.24, 2.45) is 5.73 Å². The monoisotopic (exact) mass is 232 g/mol. The molecule has 0 aromatic carbocycles. The number of rotatable bonds is 8. The molecule has 0 rings (SSSR count). The van der Waals surface area contributed by atoms with Crippen LogP contribution in [0.1, 0.15) is 40.0 Å². The minimum absolute atomic E-state index is 0.000574. The summed E-state index contributed by atoms with van der Waals surface area (Å²) in [7, 11) is 2.21. The van der Waals surface area contributed by atoms with Crippen molar-refractivity contribution in [3.05, 3.63) is 0 Å². The van der Waals surface area contributed by atoms with Crippen molar-refractivity contribution in [2.45, 2.75) is 51.6 Å². The van der Waals surface area contributed by atoms with Gasteiger partial charge in [0.15, 0.2) is 0 Å². The summed E-state index contributed by atoms with van der Waals surface area (Å²) in [6.45, 7) is 7.65. The third kappa shape index (κ3) is 5.23. The molecular weight excluding hydrogens is 204 g/mol. The Balaban J connectivity index is 4.24. The fourth-order valence-electron chi connectivity index (χ4n) is 1.85. The van der Waals surface area contributed by atoms with Crippen molar-refractivity contribution in [3.63, 3.8) is 0 Å². The van der Waals surface area contributed by atoms with Crippen LogP contribution in [0, 0.1) is 0 Å². The summed E-state index contributed by atoms with van der Waals surface area (Å²) < 4.78 is 0. The summed E-state index contributed by atoms with van der Waals surface area (Å²) in [4.78, 5) is 2.43. The van der Waals surface area contributed by atoms with E-state index in [-0.39, 0.29) is 5.54 Å². The van der Waals surface area contributed by atoms with Crippen LogP contribution in [0.2, 0.25) is 0 Å². The van der Waals surface area contributed by atoms with Crippen LogP contribution in [0.25, 0.3) is 0 Å². The van der Waals surface area contributed by atoms with Crippen LogP contribution >= 0.6 is 11.8 Å². The first-order chi connectivity index (χ1) is 7.02. The Kier molecular flexibility index (Phi) is 7.66. The van der Waals surface area contributed by atoms with Crippen LogP contribution in [0.4, 0.5) is 0 Å². The summed E-state index contributed by atoms with van der Waals surface area (Å²) in [5.41, 5.74) is 6.34. The standard InChI is InChI=1S/C12H28N2S/c1-6-11(9-15-5)14(4)10-12(13,7-2)8-3/h11H,6-10,13H2,1-5H3. The molecule has 0 saturated carbocycles. The molecule has 0 spiro atoms. The zero-order valence-corrected chi connectivity index (χ0v) is 11.9. The van der Waals surface area contributed by atoms with E-state index in [4.69, 9.17) is 5.73 Å². The van der Waals surface area contributed by atoms with Crippen molar-refractivity contribution in [3.8, 4) is 0 Å². The van der Waals surface area contributed by atoms with Gasteiger partial charge < -0.3 is 10.6 Å². The van der Waals surface area contributed by atoms with Gasteiger partial charge in [0, 0.05) is 23.9 Å². The molecule has 1 unspecified atom stereocenters. The molecule has 0 aliphatic rings. The third-order valence-corrected chi connectivity index (χ3v) is 4.14. The predicted octanol–water partition coefficient (Wildman–Crippen LogP) is 2.58. The largest absolute Gasteiger partial charge is 0.324 e. The second-order valence-electron chi connectivity index (χ2n) is 4.50. The highest BCUT2D eigenvalue weighted by molar-refractivity contribution is 7.98. The van der Waals surface area contributed by atoms with E-state index in [9.17, 15) is 0 Å². The van der Waals surface area contributed by atoms with Gasteiger partial charge in [0.2, 0.25) is 0 Å². The van der Waals surface area contributed by atoms with E-state index in [2.05, 4.69) is 39.0 Å². The fourth-order valence-corrected chi connectivity index (χ4v) is 2.72. The highest BCUT2D eigenvalue weighted by Gasteiger charge is 2.24. The Bertz CT molecular complexity index is 158. The number of hydrogen-bond donors (Lipinski definition) is 1. The van der Waals surface area contributed by atoms with Crippen LogP contribution in [-0.2, 0) is 0 Å². The van der Waals surface area contributed by atoms with E-state index in [0.29, 0.717) is 6.04 Å². The van der Waals surface area contributed by atoms with Gasteiger partial charge in [-0.15, -0.1) is 0 Å². The zero-order valence-electron chi connectivity index (χ0n) is 11.0. The highest BCUT2D eigenvalue weighted by atomic mass is 32.2. The predicted molar refractivity (Wildman–Crippen MR) is 72.6 cm³/mol. The van der Waals surface area contributed by atoms with Gasteiger partial charge in [0.25, 0.3) is 0 Å². The van der Waals surface area contributed by atoms with E-state index in [1.165, 1.54) is 12.2 Å². The topological polar surface area (TPSA) is 29.3 Å². The number of thioether (sulfide) groups is 1. The molecular formula is C12H28N2S. The van der Waals surface area contributed by atoms with E-state index in [0.717, 1.165) is 19.4 Å². The Morgan fingerprint density at radius 2 is 1.80 bits per heavy atom. The number of nitrogens with zero attached hydrogens (tertiary/aromatic N) is 1. The molecule has 2 nitrogen and oxygen atoms in total. The zero-order chi connectivity index (χ0) is 11.9. The number of likely N-dealkylation sites (N-methyl/N-ethyl adjacent to an activating group) is 1. The molecule has 0 fully saturated rings. The second-order valence-corrected chi connectivity index (χ2v) is 5.41. The maximum Gasteiger partial charge on any atom is 0.0278 e. The van der Waals surface area contributed by atoms with E-state index in [1.807, 2.05) is 11.8 Å². The lowest BCUT2D eigenvalue weighted by molar-refractivity contribution is 0.188. The van der Waals surface area contributed by atoms with Crippen molar-refractivity contribution in [1.29, 1.82) is 0 Å². The lowest BCUT2D eigenvalue weighted by Crippen LogP contribution is -2.51. The minimum Gasteiger partial charge on any atom is -0.324 e. The molecule has 0 aromatic heterocycles. The first-order valence-corrected chi connectivity index (χ1v) is 7.40. The highest BCUT2D eigenvalue weighted by Crippen LogP contribution is 2.16. The van der Waals surface area contributed by atoms with E-state index in [1.54, 1.807) is 0 Å². The lowest BCUT2D eigenvalue weighted by Gasteiger charge is -2.36. The first-order valence-electron chi connectivity index (χ1n) is 6.01. The van der Waals surface area contributed by atoms with Crippen molar-refractivity contribution in [2.75, 3.05) is 25.6 Å². The van der Waals surface area contributed by atoms with Gasteiger partial charge in [0.05, 0.1) is 0 Å². The average Bonchev–Trinajstić information content (AvgIpc) is 2.25. The van der Waals surface area contributed by atoms with Gasteiger partial charge in [-0.05, 0) is 32.6 Å². The van der Waals surface area contributed by atoms with Gasteiger partial charge in [-0.2, -0.15) is 11.8 Å². The fraction of sp³-hybridized carbons (Fsp3) is 1.00. The molecule has 0 bridgehead atoms. The SMILES string of the molecule is CCC(CSC)N(C)CC(N)(CC)CC. The quantitative estimate of drug-likeness (QED) is 0.697. The van der Waals surface area contributed by atoms with Crippen molar-refractivity contribution in [1.82, 2.24) is 4.90 Å². The summed E-state index contributed by atoms with van der Waals surface area (Å²) in [6, 6.07) is 0.668. The first kappa shape index (κ1) is 15.3. The minimum atomic E-state index is 0.000574. The molecule has 2 N–H and O–H groups in total. The van der Waals surface area contributed by atoms with Crippen LogP contribution in [0.5, 0.6) is 0 Å². The Morgan fingerprint density at radius 1 is 1.27 bits per heavy atom. The summed E-state index contributed by atoms with van der Waals surface area (Å²) >= 11 is 1.92. The van der Waals surface area contributed by atoms with Crippen LogP contribution in [-0.4, -0.2) is 42.1 Å². The molecule has 0 aliphatic carbocycles. The van der Waals surface area contributed by atoms with Crippen molar-refractivity contribution < 1.29 is 0 Å². The number of hydrogen-bond acceptors (Lipinski definition) is 3. The Morgan fingerprint density at radius 3 is 2.13 bits per heavy atom. The lowest BCUT2D eigenvalue weighted by atomic mass is 9.93. The average molecular weight is 232 g/mol. The summed E-state index contributed by atoms with van der Waals surface area (Å²) in [6.07, 6.45) is 5.50. The molecule has 0 heterocycles. The van der Waals surface area contributed by atoms with Gasteiger partial charge in [-0.25, -0.2) is 0 Å². The molecule has 0 aromatic rings. The summed E-state index contributed by atoms with van der Waals surface area (Å²) in [5.74, 6) is 1.20. The smallest absolute Gasteiger partial charge is 0.0278 e. The maximum absolute atomic E-state index is 6.34. The Labute approximate surface area is 100.0 Å².